The average Bonchev–Trinajstić information content (AvgIpc) is 2.77. The van der Waals surface area contributed by atoms with Crippen molar-refractivity contribution in [2.45, 2.75) is 13.8 Å². The number of anilines is 1. The highest BCUT2D eigenvalue weighted by atomic mass is 16.4. The number of hydrogen-bond acceptors (Lipinski definition) is 4. The van der Waals surface area contributed by atoms with E-state index in [1.165, 1.54) is 6.07 Å². The SMILES string of the molecule is Cc1ccc(NC(=O)c2ocnc2C)c(C(=O)O)c1. The van der Waals surface area contributed by atoms with E-state index in [4.69, 9.17) is 9.52 Å². The lowest BCUT2D eigenvalue weighted by Crippen LogP contribution is -2.15. The van der Waals surface area contributed by atoms with E-state index in [0.717, 1.165) is 12.0 Å². The van der Waals surface area contributed by atoms with Gasteiger partial charge in [0.2, 0.25) is 5.76 Å². The minimum atomic E-state index is -1.10. The van der Waals surface area contributed by atoms with Crippen LogP contribution in [0.1, 0.15) is 32.2 Å². The molecule has 0 aliphatic carbocycles. The Morgan fingerprint density at radius 1 is 1.32 bits per heavy atom. The van der Waals surface area contributed by atoms with E-state index in [0.29, 0.717) is 5.69 Å². The van der Waals surface area contributed by atoms with Gasteiger partial charge in [-0.3, -0.25) is 4.79 Å². The maximum absolute atomic E-state index is 11.9. The van der Waals surface area contributed by atoms with Crippen LogP contribution in [0.15, 0.2) is 29.0 Å². The van der Waals surface area contributed by atoms with Crippen molar-refractivity contribution in [3.8, 4) is 0 Å². The molecule has 98 valence electrons. The van der Waals surface area contributed by atoms with Gasteiger partial charge in [0.25, 0.3) is 5.91 Å². The van der Waals surface area contributed by atoms with Gasteiger partial charge in [-0.2, -0.15) is 0 Å². The number of carboxylic acid groups (broad SMARTS) is 1. The van der Waals surface area contributed by atoms with Crippen molar-refractivity contribution >= 4 is 17.6 Å². The van der Waals surface area contributed by atoms with Gasteiger partial charge in [0, 0.05) is 0 Å². The largest absolute Gasteiger partial charge is 0.478 e. The maximum atomic E-state index is 11.9. The molecule has 2 aromatic rings. The van der Waals surface area contributed by atoms with Gasteiger partial charge in [-0.1, -0.05) is 11.6 Å². The van der Waals surface area contributed by atoms with Gasteiger partial charge in [0.05, 0.1) is 16.9 Å². The molecule has 1 aromatic carbocycles. The molecule has 0 aliphatic rings. The molecule has 0 fully saturated rings. The quantitative estimate of drug-likeness (QED) is 0.882. The van der Waals surface area contributed by atoms with Crippen molar-refractivity contribution in [2.24, 2.45) is 0 Å². The lowest BCUT2D eigenvalue weighted by molar-refractivity contribution is 0.0698. The predicted octanol–water partition coefficient (Wildman–Crippen LogP) is 2.24. The molecule has 6 heteroatoms. The second-order valence-corrected chi connectivity index (χ2v) is 4.08. The predicted molar refractivity (Wildman–Crippen MR) is 67.3 cm³/mol. The molecule has 0 aliphatic heterocycles. The molecule has 0 atom stereocenters. The number of carbonyl (C=O) groups is 2. The van der Waals surface area contributed by atoms with Crippen molar-refractivity contribution in [3.63, 3.8) is 0 Å². The number of benzene rings is 1. The van der Waals surface area contributed by atoms with E-state index >= 15 is 0 Å². The van der Waals surface area contributed by atoms with E-state index in [1.807, 2.05) is 0 Å². The molecular weight excluding hydrogens is 248 g/mol. The van der Waals surface area contributed by atoms with Crippen molar-refractivity contribution in [3.05, 3.63) is 47.2 Å². The van der Waals surface area contributed by atoms with Crippen LogP contribution in [0.3, 0.4) is 0 Å². The summed E-state index contributed by atoms with van der Waals surface area (Å²) in [5.74, 6) is -1.56. The van der Waals surface area contributed by atoms with Crippen LogP contribution in [0.2, 0.25) is 0 Å². The van der Waals surface area contributed by atoms with Gasteiger partial charge in [-0.15, -0.1) is 0 Å². The van der Waals surface area contributed by atoms with Crippen LogP contribution in [0, 0.1) is 13.8 Å². The van der Waals surface area contributed by atoms with E-state index in [9.17, 15) is 9.59 Å². The second kappa shape index (κ2) is 4.93. The molecule has 0 bridgehead atoms. The number of amides is 1. The Labute approximate surface area is 109 Å². The zero-order valence-corrected chi connectivity index (χ0v) is 10.4. The summed E-state index contributed by atoms with van der Waals surface area (Å²) in [6.07, 6.45) is 1.16. The van der Waals surface area contributed by atoms with Gasteiger partial charge in [0.15, 0.2) is 6.39 Å². The molecule has 0 unspecified atom stereocenters. The first-order valence-corrected chi connectivity index (χ1v) is 5.54. The Balaban J connectivity index is 2.32. The van der Waals surface area contributed by atoms with Crippen LogP contribution >= 0.6 is 0 Å². The van der Waals surface area contributed by atoms with Crippen molar-refractivity contribution in [1.29, 1.82) is 0 Å². The van der Waals surface area contributed by atoms with E-state index < -0.39 is 11.9 Å². The zero-order chi connectivity index (χ0) is 14.0. The Hall–Kier alpha value is -2.63. The van der Waals surface area contributed by atoms with E-state index in [1.54, 1.807) is 26.0 Å². The number of carbonyl (C=O) groups excluding carboxylic acids is 1. The number of nitrogens with one attached hydrogen (secondary N) is 1. The fraction of sp³-hybridized carbons (Fsp3) is 0.154. The molecule has 1 heterocycles. The number of oxazole rings is 1. The number of nitrogens with zero attached hydrogens (tertiary/aromatic N) is 1. The monoisotopic (exact) mass is 260 g/mol. The molecule has 2 rings (SSSR count). The molecule has 2 N–H and O–H groups in total. The summed E-state index contributed by atoms with van der Waals surface area (Å²) in [6.45, 7) is 3.41. The lowest BCUT2D eigenvalue weighted by atomic mass is 10.1. The van der Waals surface area contributed by atoms with Gasteiger partial charge >= 0.3 is 5.97 Å². The minimum Gasteiger partial charge on any atom is -0.478 e. The van der Waals surface area contributed by atoms with Gasteiger partial charge in [-0.25, -0.2) is 9.78 Å². The molecule has 0 radical (unpaired) electrons. The Morgan fingerprint density at radius 2 is 2.05 bits per heavy atom. The summed E-state index contributed by atoms with van der Waals surface area (Å²) in [4.78, 5) is 26.8. The molecular formula is C13H12N2O4. The Kier molecular flexibility index (Phi) is 3.33. The van der Waals surface area contributed by atoms with E-state index in [-0.39, 0.29) is 17.0 Å². The van der Waals surface area contributed by atoms with Gasteiger partial charge in [0.1, 0.15) is 0 Å². The average molecular weight is 260 g/mol. The first kappa shape index (κ1) is 12.8. The zero-order valence-electron chi connectivity index (χ0n) is 10.4. The van der Waals surface area contributed by atoms with Crippen LogP contribution in [0.4, 0.5) is 5.69 Å². The highest BCUT2D eigenvalue weighted by molar-refractivity contribution is 6.06. The molecule has 0 saturated heterocycles. The summed E-state index contributed by atoms with van der Waals surface area (Å²) in [5.41, 5.74) is 1.50. The fourth-order valence-corrected chi connectivity index (χ4v) is 1.64. The normalized spacial score (nSPS) is 10.2. The number of aromatic carboxylic acids is 1. The van der Waals surface area contributed by atoms with Crippen molar-refractivity contribution in [1.82, 2.24) is 4.98 Å². The summed E-state index contributed by atoms with van der Waals surface area (Å²) >= 11 is 0. The second-order valence-electron chi connectivity index (χ2n) is 4.08. The molecule has 6 nitrogen and oxygen atoms in total. The van der Waals surface area contributed by atoms with Crippen LogP contribution in [-0.4, -0.2) is 22.0 Å². The summed E-state index contributed by atoms with van der Waals surface area (Å²) in [5, 5.41) is 11.6. The highest BCUT2D eigenvalue weighted by Crippen LogP contribution is 2.19. The smallest absolute Gasteiger partial charge is 0.337 e. The summed E-state index contributed by atoms with van der Waals surface area (Å²) in [6, 6.07) is 4.75. The van der Waals surface area contributed by atoms with E-state index in [2.05, 4.69) is 10.3 Å². The first-order valence-electron chi connectivity index (χ1n) is 5.54. The number of rotatable bonds is 3. The molecule has 1 amide bonds. The topological polar surface area (TPSA) is 92.4 Å². The number of aromatic nitrogens is 1. The summed E-state index contributed by atoms with van der Waals surface area (Å²) < 4.78 is 4.95. The van der Waals surface area contributed by atoms with Gasteiger partial charge in [-0.05, 0) is 26.0 Å². The third kappa shape index (κ3) is 2.62. The van der Waals surface area contributed by atoms with Crippen molar-refractivity contribution < 1.29 is 19.1 Å². The van der Waals surface area contributed by atoms with Crippen LogP contribution in [0.25, 0.3) is 0 Å². The Bertz CT molecular complexity index is 646. The summed E-state index contributed by atoms with van der Waals surface area (Å²) in [7, 11) is 0. The molecule has 1 aromatic heterocycles. The third-order valence-electron chi connectivity index (χ3n) is 2.61. The van der Waals surface area contributed by atoms with Crippen LogP contribution in [0.5, 0.6) is 0 Å². The molecule has 0 spiro atoms. The third-order valence-corrected chi connectivity index (χ3v) is 2.61. The first-order chi connectivity index (χ1) is 8.99. The highest BCUT2D eigenvalue weighted by Gasteiger charge is 2.17. The van der Waals surface area contributed by atoms with Gasteiger partial charge < -0.3 is 14.8 Å². The lowest BCUT2D eigenvalue weighted by Gasteiger charge is -2.08. The number of carboxylic acids is 1. The fourth-order valence-electron chi connectivity index (χ4n) is 1.64. The number of hydrogen-bond donors (Lipinski definition) is 2. The number of aryl methyl sites for hydroxylation is 2. The van der Waals surface area contributed by atoms with Crippen LogP contribution in [-0.2, 0) is 0 Å². The van der Waals surface area contributed by atoms with Crippen LogP contribution < -0.4 is 5.32 Å². The Morgan fingerprint density at radius 3 is 2.63 bits per heavy atom. The van der Waals surface area contributed by atoms with Crippen molar-refractivity contribution in [2.75, 3.05) is 5.32 Å². The molecule has 19 heavy (non-hydrogen) atoms. The standard InChI is InChI=1S/C13H12N2O4/c1-7-3-4-10(9(5-7)13(17)18)15-12(16)11-8(2)14-6-19-11/h3-6H,1-2H3,(H,15,16)(H,17,18). The maximum Gasteiger partial charge on any atom is 0.337 e. The molecule has 0 saturated carbocycles. The minimum absolute atomic E-state index is 0.0329.